The summed E-state index contributed by atoms with van der Waals surface area (Å²) in [5, 5.41) is 12.8. The molecule has 0 aliphatic carbocycles. The molecule has 0 saturated carbocycles. The van der Waals surface area contributed by atoms with E-state index < -0.39 is 0 Å². The predicted octanol–water partition coefficient (Wildman–Crippen LogP) is 2.72. The van der Waals surface area contributed by atoms with E-state index in [0.29, 0.717) is 45.6 Å². The molecule has 0 radical (unpaired) electrons. The molecule has 29 heavy (non-hydrogen) atoms. The number of carbonyl (C=O) groups excluding carboxylic acids is 2. The zero-order chi connectivity index (χ0) is 20.8. The highest BCUT2D eigenvalue weighted by molar-refractivity contribution is 5.93. The fraction of sp³-hybridized carbons (Fsp3) is 0.391. The molecule has 0 unspecified atom stereocenters. The maximum absolute atomic E-state index is 12.5. The number of phenols is 1. The second-order valence-electron chi connectivity index (χ2n) is 7.58. The average molecular weight is 396 g/mol. The number of para-hydroxylation sites is 1. The molecule has 1 heterocycles. The van der Waals surface area contributed by atoms with E-state index in [-0.39, 0.29) is 17.6 Å². The molecule has 2 aromatic carbocycles. The number of hydrogen-bond donors (Lipinski definition) is 2. The molecule has 0 atom stereocenters. The second-order valence-corrected chi connectivity index (χ2v) is 7.58. The lowest BCUT2D eigenvalue weighted by Crippen LogP contribution is -2.50. The van der Waals surface area contributed by atoms with E-state index in [2.05, 4.69) is 10.2 Å². The van der Waals surface area contributed by atoms with E-state index in [1.54, 1.807) is 12.1 Å². The number of carbonyl (C=O) groups is 2. The van der Waals surface area contributed by atoms with Crippen LogP contribution in [-0.2, 0) is 16.0 Å². The Labute approximate surface area is 172 Å². The number of anilines is 1. The van der Waals surface area contributed by atoms with Gasteiger partial charge in [0, 0.05) is 38.3 Å². The Morgan fingerprint density at radius 2 is 1.72 bits per heavy atom. The number of rotatable bonds is 6. The predicted molar refractivity (Wildman–Crippen MR) is 114 cm³/mol. The van der Waals surface area contributed by atoms with Crippen LogP contribution in [0, 0.1) is 13.8 Å². The molecule has 6 nitrogen and oxygen atoms in total. The largest absolute Gasteiger partial charge is 0.508 e. The Bertz CT molecular complexity index is 873. The minimum atomic E-state index is -0.0296. The Hall–Kier alpha value is -2.86. The minimum absolute atomic E-state index is 0.0296. The van der Waals surface area contributed by atoms with Crippen molar-refractivity contribution in [2.24, 2.45) is 0 Å². The monoisotopic (exact) mass is 395 g/mol. The highest BCUT2D eigenvalue weighted by Crippen LogP contribution is 2.19. The van der Waals surface area contributed by atoms with Gasteiger partial charge in [-0.05, 0) is 49.1 Å². The molecule has 2 aromatic rings. The van der Waals surface area contributed by atoms with Gasteiger partial charge in [0.15, 0.2) is 0 Å². The third-order valence-electron chi connectivity index (χ3n) is 5.57. The van der Waals surface area contributed by atoms with Gasteiger partial charge < -0.3 is 15.3 Å². The van der Waals surface area contributed by atoms with Crippen molar-refractivity contribution in [3.8, 4) is 5.75 Å². The number of hydrogen-bond acceptors (Lipinski definition) is 4. The van der Waals surface area contributed by atoms with Crippen LogP contribution in [0.1, 0.15) is 23.1 Å². The van der Waals surface area contributed by atoms with Gasteiger partial charge in [-0.25, -0.2) is 0 Å². The van der Waals surface area contributed by atoms with Gasteiger partial charge in [-0.2, -0.15) is 0 Å². The number of amides is 2. The van der Waals surface area contributed by atoms with Gasteiger partial charge in [-0.1, -0.05) is 30.3 Å². The van der Waals surface area contributed by atoms with E-state index in [0.717, 1.165) is 22.4 Å². The van der Waals surface area contributed by atoms with Gasteiger partial charge in [-0.3, -0.25) is 14.5 Å². The summed E-state index contributed by atoms with van der Waals surface area (Å²) in [6.45, 7) is 6.97. The molecule has 154 valence electrons. The van der Waals surface area contributed by atoms with Crippen molar-refractivity contribution in [3.63, 3.8) is 0 Å². The summed E-state index contributed by atoms with van der Waals surface area (Å²) < 4.78 is 0. The summed E-state index contributed by atoms with van der Waals surface area (Å²) in [5.41, 5.74) is 3.88. The van der Waals surface area contributed by atoms with Crippen LogP contribution in [0.3, 0.4) is 0 Å². The number of piperazine rings is 1. The first-order valence-electron chi connectivity index (χ1n) is 10.1. The molecule has 2 amide bonds. The van der Waals surface area contributed by atoms with Crippen LogP contribution in [0.4, 0.5) is 5.69 Å². The standard InChI is InChI=1S/C23H29N3O3/c1-17-6-5-8-20(18(17)2)24-22(28)16-25-12-14-26(15-13-25)23(29)11-10-19-7-3-4-9-21(19)27/h3-9,27H,10-16H2,1-2H3,(H,24,28). The molecule has 1 fully saturated rings. The van der Waals surface area contributed by atoms with E-state index in [4.69, 9.17) is 0 Å². The van der Waals surface area contributed by atoms with Crippen LogP contribution >= 0.6 is 0 Å². The van der Waals surface area contributed by atoms with Gasteiger partial charge >= 0.3 is 0 Å². The molecule has 1 saturated heterocycles. The molecule has 2 N–H and O–H groups in total. The highest BCUT2D eigenvalue weighted by atomic mass is 16.3. The number of aromatic hydroxyl groups is 1. The van der Waals surface area contributed by atoms with E-state index in [9.17, 15) is 14.7 Å². The highest BCUT2D eigenvalue weighted by Gasteiger charge is 2.22. The van der Waals surface area contributed by atoms with E-state index >= 15 is 0 Å². The van der Waals surface area contributed by atoms with Crippen molar-refractivity contribution in [2.45, 2.75) is 26.7 Å². The van der Waals surface area contributed by atoms with Gasteiger partial charge in [0.2, 0.25) is 11.8 Å². The maximum atomic E-state index is 12.5. The van der Waals surface area contributed by atoms with Crippen LogP contribution in [0.15, 0.2) is 42.5 Å². The summed E-state index contributed by atoms with van der Waals surface area (Å²) in [5.74, 6) is 0.297. The van der Waals surface area contributed by atoms with Crippen molar-refractivity contribution in [2.75, 3.05) is 38.0 Å². The van der Waals surface area contributed by atoms with Gasteiger partial charge in [0.05, 0.1) is 6.54 Å². The third kappa shape index (κ3) is 5.57. The fourth-order valence-electron chi connectivity index (χ4n) is 3.56. The molecule has 6 heteroatoms. The van der Waals surface area contributed by atoms with Crippen molar-refractivity contribution in [1.82, 2.24) is 9.80 Å². The summed E-state index contributed by atoms with van der Waals surface area (Å²) in [6, 6.07) is 13.0. The van der Waals surface area contributed by atoms with Crippen molar-refractivity contribution in [3.05, 3.63) is 59.2 Å². The second kappa shape index (κ2) is 9.56. The SMILES string of the molecule is Cc1cccc(NC(=O)CN2CCN(C(=O)CCc3ccccc3O)CC2)c1C. The smallest absolute Gasteiger partial charge is 0.238 e. The Morgan fingerprint density at radius 1 is 1.00 bits per heavy atom. The van der Waals surface area contributed by atoms with Crippen molar-refractivity contribution < 1.29 is 14.7 Å². The van der Waals surface area contributed by atoms with Crippen molar-refractivity contribution >= 4 is 17.5 Å². The molecule has 0 aromatic heterocycles. The first-order valence-corrected chi connectivity index (χ1v) is 10.1. The molecule has 0 bridgehead atoms. The van der Waals surface area contributed by atoms with Crippen LogP contribution in [0.2, 0.25) is 0 Å². The first kappa shape index (κ1) is 20.9. The Morgan fingerprint density at radius 3 is 2.45 bits per heavy atom. The quantitative estimate of drug-likeness (QED) is 0.789. The normalized spacial score (nSPS) is 14.6. The van der Waals surface area contributed by atoms with E-state index in [1.807, 2.05) is 49.1 Å². The lowest BCUT2D eigenvalue weighted by atomic mass is 10.1. The lowest BCUT2D eigenvalue weighted by Gasteiger charge is -2.34. The zero-order valence-corrected chi connectivity index (χ0v) is 17.1. The van der Waals surface area contributed by atoms with Crippen molar-refractivity contribution in [1.29, 1.82) is 0 Å². The van der Waals surface area contributed by atoms with E-state index in [1.165, 1.54) is 0 Å². The third-order valence-corrected chi connectivity index (χ3v) is 5.57. The minimum Gasteiger partial charge on any atom is -0.508 e. The molecular formula is C23H29N3O3. The van der Waals surface area contributed by atoms with Crippen LogP contribution in [-0.4, -0.2) is 59.4 Å². The van der Waals surface area contributed by atoms with Crippen LogP contribution < -0.4 is 5.32 Å². The lowest BCUT2D eigenvalue weighted by molar-refractivity contribution is -0.133. The fourth-order valence-corrected chi connectivity index (χ4v) is 3.56. The summed E-state index contributed by atoms with van der Waals surface area (Å²) in [4.78, 5) is 28.8. The molecule has 1 aliphatic heterocycles. The number of aryl methyl sites for hydroxylation is 2. The maximum Gasteiger partial charge on any atom is 0.238 e. The topological polar surface area (TPSA) is 72.9 Å². The summed E-state index contributed by atoms with van der Waals surface area (Å²) in [7, 11) is 0. The zero-order valence-electron chi connectivity index (χ0n) is 17.1. The van der Waals surface area contributed by atoms with Gasteiger partial charge in [-0.15, -0.1) is 0 Å². The van der Waals surface area contributed by atoms with Crippen LogP contribution in [0.25, 0.3) is 0 Å². The Balaban J connectivity index is 1.43. The van der Waals surface area contributed by atoms with Gasteiger partial charge in [0.1, 0.15) is 5.75 Å². The average Bonchev–Trinajstić information content (AvgIpc) is 2.71. The number of nitrogens with one attached hydrogen (secondary N) is 1. The van der Waals surface area contributed by atoms with Crippen LogP contribution in [0.5, 0.6) is 5.75 Å². The summed E-state index contributed by atoms with van der Waals surface area (Å²) >= 11 is 0. The molecule has 3 rings (SSSR count). The Kier molecular flexibility index (Phi) is 6.88. The summed E-state index contributed by atoms with van der Waals surface area (Å²) in [6.07, 6.45) is 0.911. The first-order chi connectivity index (χ1) is 13.9. The number of phenolic OH excluding ortho intramolecular Hbond substituents is 1. The molecule has 0 spiro atoms. The molecular weight excluding hydrogens is 366 g/mol. The number of nitrogens with zero attached hydrogens (tertiary/aromatic N) is 2. The number of benzene rings is 2. The molecule has 1 aliphatic rings. The van der Waals surface area contributed by atoms with Gasteiger partial charge in [0.25, 0.3) is 0 Å².